The number of hydrogen-bond acceptors (Lipinski definition) is 0. The Labute approximate surface area is 91.3 Å². The van der Waals surface area contributed by atoms with E-state index in [0.717, 1.165) is 23.4 Å². The molecule has 0 aliphatic carbocycles. The van der Waals surface area contributed by atoms with Crippen LogP contribution in [0.25, 0.3) is 0 Å². The van der Waals surface area contributed by atoms with Crippen molar-refractivity contribution < 1.29 is 0 Å². The second-order valence-corrected chi connectivity index (χ2v) is 4.12. The first-order valence-electron chi connectivity index (χ1n) is 4.87. The quantitative estimate of drug-likeness (QED) is 0.656. The predicted molar refractivity (Wildman–Crippen MR) is 62.7 cm³/mol. The summed E-state index contributed by atoms with van der Waals surface area (Å²) in [6.07, 6.45) is 6.83. The van der Waals surface area contributed by atoms with Gasteiger partial charge in [0.05, 0.1) is 0 Å². The van der Waals surface area contributed by atoms with Gasteiger partial charge in [0.15, 0.2) is 0 Å². The Balaban J connectivity index is 2.85. The van der Waals surface area contributed by atoms with Crippen LogP contribution in [0, 0.1) is 12.3 Å². The van der Waals surface area contributed by atoms with E-state index in [1.807, 2.05) is 6.07 Å². The number of terminal acetylenes is 1. The third-order valence-electron chi connectivity index (χ3n) is 2.28. The zero-order chi connectivity index (χ0) is 10.6. The average Bonchev–Trinajstić information content (AvgIpc) is 2.15. The summed E-state index contributed by atoms with van der Waals surface area (Å²) in [7, 11) is 0. The van der Waals surface area contributed by atoms with Gasteiger partial charge >= 0.3 is 0 Å². The summed E-state index contributed by atoms with van der Waals surface area (Å²) in [4.78, 5) is 0. The van der Waals surface area contributed by atoms with Gasteiger partial charge in [0.2, 0.25) is 0 Å². The molecule has 0 atom stereocenters. The van der Waals surface area contributed by atoms with Gasteiger partial charge in [-0.3, -0.25) is 0 Å². The fraction of sp³-hybridized carbons (Fsp3) is 0.385. The fourth-order valence-corrected chi connectivity index (χ4v) is 1.62. The maximum atomic E-state index is 6.14. The van der Waals surface area contributed by atoms with Crippen LogP contribution in [0.1, 0.15) is 37.3 Å². The largest absolute Gasteiger partial charge is 0.120 e. The monoisotopic (exact) mass is 206 g/mol. The molecule has 0 aliphatic rings. The molecule has 1 heteroatoms. The first-order valence-corrected chi connectivity index (χ1v) is 5.24. The Kier molecular flexibility index (Phi) is 4.04. The van der Waals surface area contributed by atoms with Crippen molar-refractivity contribution in [2.75, 3.05) is 0 Å². The molecule has 1 aromatic rings. The van der Waals surface area contributed by atoms with Crippen LogP contribution in [0.15, 0.2) is 18.2 Å². The number of hydrogen-bond donors (Lipinski definition) is 0. The van der Waals surface area contributed by atoms with Crippen LogP contribution < -0.4 is 0 Å². The fourth-order valence-electron chi connectivity index (χ4n) is 1.33. The zero-order valence-electron chi connectivity index (χ0n) is 8.68. The van der Waals surface area contributed by atoms with E-state index in [4.69, 9.17) is 18.0 Å². The highest BCUT2D eigenvalue weighted by Crippen LogP contribution is 2.23. The van der Waals surface area contributed by atoms with Crippen molar-refractivity contribution in [3.63, 3.8) is 0 Å². The van der Waals surface area contributed by atoms with Crippen molar-refractivity contribution in [3.05, 3.63) is 34.3 Å². The van der Waals surface area contributed by atoms with Crippen molar-refractivity contribution >= 4 is 11.6 Å². The minimum absolute atomic E-state index is 0.522. The molecule has 0 unspecified atom stereocenters. The molecule has 0 aromatic heterocycles. The second kappa shape index (κ2) is 5.08. The Hall–Kier alpha value is -0.930. The molecule has 74 valence electrons. The standard InChI is InChI=1S/C13H15Cl/c1-4-5-6-11-7-8-12(10(2)3)9-13(11)14/h1,7-10H,5-6H2,2-3H3. The van der Waals surface area contributed by atoms with Crippen LogP contribution in [0.5, 0.6) is 0 Å². The van der Waals surface area contributed by atoms with Gasteiger partial charge in [-0.25, -0.2) is 0 Å². The molecule has 0 aliphatic heterocycles. The highest BCUT2D eigenvalue weighted by atomic mass is 35.5. The van der Waals surface area contributed by atoms with Crippen LogP contribution >= 0.6 is 11.6 Å². The number of halogens is 1. The lowest BCUT2D eigenvalue weighted by atomic mass is 10.0. The summed E-state index contributed by atoms with van der Waals surface area (Å²) in [5.41, 5.74) is 2.42. The van der Waals surface area contributed by atoms with Crippen LogP contribution in [-0.4, -0.2) is 0 Å². The lowest BCUT2D eigenvalue weighted by molar-refractivity contribution is 0.864. The van der Waals surface area contributed by atoms with E-state index in [9.17, 15) is 0 Å². The molecule has 14 heavy (non-hydrogen) atoms. The molecule has 0 bridgehead atoms. The smallest absolute Gasteiger partial charge is 0.0441 e. The van der Waals surface area contributed by atoms with Gasteiger partial charge < -0.3 is 0 Å². The summed E-state index contributed by atoms with van der Waals surface area (Å²) in [6.45, 7) is 4.32. The van der Waals surface area contributed by atoms with Crippen molar-refractivity contribution in [1.82, 2.24) is 0 Å². The second-order valence-electron chi connectivity index (χ2n) is 3.71. The molecule has 0 spiro atoms. The van der Waals surface area contributed by atoms with E-state index in [1.165, 1.54) is 5.56 Å². The molecular formula is C13H15Cl. The normalized spacial score (nSPS) is 10.2. The lowest BCUT2D eigenvalue weighted by Crippen LogP contribution is -1.91. The number of benzene rings is 1. The minimum atomic E-state index is 0.522. The average molecular weight is 207 g/mol. The van der Waals surface area contributed by atoms with Crippen molar-refractivity contribution in [1.29, 1.82) is 0 Å². The Morgan fingerprint density at radius 3 is 2.64 bits per heavy atom. The van der Waals surface area contributed by atoms with Gasteiger partial charge in [-0.1, -0.05) is 37.6 Å². The molecular weight excluding hydrogens is 192 g/mol. The maximum absolute atomic E-state index is 6.14. The van der Waals surface area contributed by atoms with E-state index >= 15 is 0 Å². The van der Waals surface area contributed by atoms with Crippen molar-refractivity contribution in [3.8, 4) is 12.3 Å². The van der Waals surface area contributed by atoms with E-state index < -0.39 is 0 Å². The molecule has 0 heterocycles. The van der Waals surface area contributed by atoms with E-state index in [0.29, 0.717) is 5.92 Å². The van der Waals surface area contributed by atoms with Crippen molar-refractivity contribution in [2.24, 2.45) is 0 Å². The summed E-state index contributed by atoms with van der Waals surface area (Å²) in [6, 6.07) is 6.25. The Morgan fingerprint density at radius 1 is 1.43 bits per heavy atom. The first-order chi connectivity index (χ1) is 6.65. The van der Waals surface area contributed by atoms with Gasteiger partial charge in [-0.2, -0.15) is 0 Å². The first kappa shape index (κ1) is 11.1. The van der Waals surface area contributed by atoms with E-state index in [1.54, 1.807) is 0 Å². The molecule has 0 fully saturated rings. The maximum Gasteiger partial charge on any atom is 0.0441 e. The van der Waals surface area contributed by atoms with Crippen molar-refractivity contribution in [2.45, 2.75) is 32.6 Å². The third kappa shape index (κ3) is 2.79. The van der Waals surface area contributed by atoms with Crippen LogP contribution in [-0.2, 0) is 6.42 Å². The predicted octanol–water partition coefficient (Wildman–Crippen LogP) is 4.03. The highest BCUT2D eigenvalue weighted by Gasteiger charge is 2.03. The molecule has 0 N–H and O–H groups in total. The highest BCUT2D eigenvalue weighted by molar-refractivity contribution is 6.31. The topological polar surface area (TPSA) is 0 Å². The van der Waals surface area contributed by atoms with Crippen LogP contribution in [0.2, 0.25) is 5.02 Å². The van der Waals surface area contributed by atoms with E-state index in [-0.39, 0.29) is 0 Å². The Bertz CT molecular complexity index is 345. The number of rotatable bonds is 3. The summed E-state index contributed by atoms with van der Waals surface area (Å²) >= 11 is 6.14. The van der Waals surface area contributed by atoms with E-state index in [2.05, 4.69) is 31.9 Å². The summed E-state index contributed by atoms with van der Waals surface area (Å²) in [5.74, 6) is 3.14. The molecule has 0 nitrogen and oxygen atoms in total. The molecule has 1 aromatic carbocycles. The molecule has 0 amide bonds. The summed E-state index contributed by atoms with van der Waals surface area (Å²) < 4.78 is 0. The molecule has 0 radical (unpaired) electrons. The van der Waals surface area contributed by atoms with Gasteiger partial charge in [0, 0.05) is 11.4 Å². The van der Waals surface area contributed by atoms with Crippen LogP contribution in [0.4, 0.5) is 0 Å². The molecule has 0 saturated carbocycles. The SMILES string of the molecule is C#CCCc1ccc(C(C)C)cc1Cl. The third-order valence-corrected chi connectivity index (χ3v) is 2.63. The van der Waals surface area contributed by atoms with Gasteiger partial charge in [0.25, 0.3) is 0 Å². The zero-order valence-corrected chi connectivity index (χ0v) is 9.43. The Morgan fingerprint density at radius 2 is 2.14 bits per heavy atom. The van der Waals surface area contributed by atoms with Gasteiger partial charge in [-0.05, 0) is 29.5 Å². The molecule has 1 rings (SSSR count). The minimum Gasteiger partial charge on any atom is -0.120 e. The van der Waals surface area contributed by atoms with Gasteiger partial charge in [-0.15, -0.1) is 12.3 Å². The van der Waals surface area contributed by atoms with Gasteiger partial charge in [0.1, 0.15) is 0 Å². The molecule has 0 saturated heterocycles. The lowest BCUT2D eigenvalue weighted by Gasteiger charge is -2.08. The van der Waals surface area contributed by atoms with Crippen LogP contribution in [0.3, 0.4) is 0 Å². The summed E-state index contributed by atoms with van der Waals surface area (Å²) in [5, 5.41) is 0.839. The number of aryl methyl sites for hydroxylation is 1.